The van der Waals surface area contributed by atoms with Gasteiger partial charge in [0.15, 0.2) is 0 Å². The quantitative estimate of drug-likeness (QED) is 0.582. The van der Waals surface area contributed by atoms with Crippen molar-refractivity contribution >= 4 is 11.6 Å². The van der Waals surface area contributed by atoms with Gasteiger partial charge >= 0.3 is 0 Å². The monoisotopic (exact) mass is 204 g/mol. The zero-order valence-electron chi connectivity index (χ0n) is 10.2. The van der Waals surface area contributed by atoms with Gasteiger partial charge in [0.1, 0.15) is 0 Å². The molecule has 0 spiro atoms. The summed E-state index contributed by atoms with van der Waals surface area (Å²) in [6.45, 7) is 15.7. The van der Waals surface area contributed by atoms with E-state index in [0.717, 1.165) is 6.42 Å². The Morgan fingerprint density at radius 3 is 1.69 bits per heavy atom. The van der Waals surface area contributed by atoms with Gasteiger partial charge in [0, 0.05) is 4.87 Å². The highest BCUT2D eigenvalue weighted by atomic mass is 35.5. The van der Waals surface area contributed by atoms with Crippen LogP contribution in [-0.2, 0) is 0 Å². The SMILES string of the molecule is CCC(C)(C)C(C)(Cl)C(C)C(C)C. The minimum Gasteiger partial charge on any atom is -0.119 e. The van der Waals surface area contributed by atoms with Crippen LogP contribution in [0, 0.1) is 17.3 Å². The van der Waals surface area contributed by atoms with Crippen molar-refractivity contribution in [2.24, 2.45) is 17.3 Å². The normalized spacial score (nSPS) is 20.1. The number of alkyl halides is 1. The topological polar surface area (TPSA) is 0 Å². The van der Waals surface area contributed by atoms with Gasteiger partial charge in [-0.2, -0.15) is 0 Å². The maximum Gasteiger partial charge on any atom is 0.0497 e. The minimum absolute atomic E-state index is 0.101. The van der Waals surface area contributed by atoms with E-state index < -0.39 is 0 Å². The Morgan fingerprint density at radius 2 is 1.46 bits per heavy atom. The van der Waals surface area contributed by atoms with Crippen molar-refractivity contribution in [3.05, 3.63) is 0 Å². The number of hydrogen-bond acceptors (Lipinski definition) is 0. The van der Waals surface area contributed by atoms with Crippen molar-refractivity contribution in [1.82, 2.24) is 0 Å². The summed E-state index contributed by atoms with van der Waals surface area (Å²) in [4.78, 5) is -0.101. The van der Waals surface area contributed by atoms with E-state index in [-0.39, 0.29) is 10.3 Å². The molecule has 1 heteroatoms. The van der Waals surface area contributed by atoms with Crippen LogP contribution in [0.25, 0.3) is 0 Å². The van der Waals surface area contributed by atoms with Crippen molar-refractivity contribution < 1.29 is 0 Å². The molecule has 0 fully saturated rings. The van der Waals surface area contributed by atoms with Gasteiger partial charge in [0.25, 0.3) is 0 Å². The molecule has 0 aromatic heterocycles. The van der Waals surface area contributed by atoms with Crippen molar-refractivity contribution in [2.75, 3.05) is 0 Å². The third-order valence-electron chi connectivity index (χ3n) is 4.06. The number of rotatable bonds is 4. The van der Waals surface area contributed by atoms with Gasteiger partial charge in [-0.15, -0.1) is 11.6 Å². The van der Waals surface area contributed by atoms with Crippen LogP contribution in [0.3, 0.4) is 0 Å². The summed E-state index contributed by atoms with van der Waals surface area (Å²) in [6.07, 6.45) is 1.13. The Morgan fingerprint density at radius 1 is 1.08 bits per heavy atom. The summed E-state index contributed by atoms with van der Waals surface area (Å²) < 4.78 is 0. The van der Waals surface area contributed by atoms with Crippen LogP contribution in [0.4, 0.5) is 0 Å². The van der Waals surface area contributed by atoms with Crippen LogP contribution in [0.5, 0.6) is 0 Å². The standard InChI is InChI=1S/C12H25Cl/c1-8-11(5,6)12(7,13)10(4)9(2)3/h9-10H,8H2,1-7H3. The fraction of sp³-hybridized carbons (Fsp3) is 1.00. The molecule has 0 N–H and O–H groups in total. The second-order valence-electron chi connectivity index (χ2n) is 5.35. The molecule has 2 atom stereocenters. The summed E-state index contributed by atoms with van der Waals surface area (Å²) in [5.74, 6) is 1.19. The maximum absolute atomic E-state index is 6.67. The van der Waals surface area contributed by atoms with Crippen LogP contribution in [0.2, 0.25) is 0 Å². The summed E-state index contributed by atoms with van der Waals surface area (Å²) in [7, 11) is 0. The van der Waals surface area contributed by atoms with Gasteiger partial charge in [-0.3, -0.25) is 0 Å². The van der Waals surface area contributed by atoms with Crippen LogP contribution >= 0.6 is 11.6 Å². The van der Waals surface area contributed by atoms with Gasteiger partial charge in [-0.1, -0.05) is 41.5 Å². The molecule has 0 radical (unpaired) electrons. The zero-order valence-corrected chi connectivity index (χ0v) is 11.0. The molecule has 0 saturated heterocycles. The van der Waals surface area contributed by atoms with Gasteiger partial charge in [0.05, 0.1) is 0 Å². The third-order valence-corrected chi connectivity index (χ3v) is 4.92. The maximum atomic E-state index is 6.67. The van der Waals surface area contributed by atoms with Crippen molar-refractivity contribution in [3.63, 3.8) is 0 Å². The molecular formula is C12H25Cl. The molecule has 0 bridgehead atoms. The van der Waals surface area contributed by atoms with E-state index in [1.165, 1.54) is 0 Å². The van der Waals surface area contributed by atoms with Crippen LogP contribution in [-0.4, -0.2) is 4.87 Å². The van der Waals surface area contributed by atoms with E-state index >= 15 is 0 Å². The lowest BCUT2D eigenvalue weighted by Gasteiger charge is -2.45. The second-order valence-corrected chi connectivity index (χ2v) is 6.13. The molecule has 0 heterocycles. The molecule has 0 aliphatic carbocycles. The molecule has 0 saturated carbocycles. The van der Waals surface area contributed by atoms with Crippen LogP contribution < -0.4 is 0 Å². The fourth-order valence-electron chi connectivity index (χ4n) is 1.59. The summed E-state index contributed by atoms with van der Waals surface area (Å²) in [5, 5.41) is 0. The third kappa shape index (κ3) is 2.62. The smallest absolute Gasteiger partial charge is 0.0497 e. The molecule has 0 aromatic carbocycles. The van der Waals surface area contributed by atoms with E-state index in [2.05, 4.69) is 48.5 Å². The Kier molecular flexibility index (Phi) is 4.30. The number of halogens is 1. The van der Waals surface area contributed by atoms with Crippen molar-refractivity contribution in [1.29, 1.82) is 0 Å². The molecule has 0 aliphatic heterocycles. The zero-order chi connectivity index (χ0) is 10.9. The van der Waals surface area contributed by atoms with Crippen molar-refractivity contribution in [3.8, 4) is 0 Å². The Hall–Kier alpha value is 0.290. The molecule has 80 valence electrons. The first-order valence-electron chi connectivity index (χ1n) is 5.35. The highest BCUT2D eigenvalue weighted by molar-refractivity contribution is 6.24. The highest BCUT2D eigenvalue weighted by Crippen LogP contribution is 2.46. The highest BCUT2D eigenvalue weighted by Gasteiger charge is 2.43. The first-order valence-corrected chi connectivity index (χ1v) is 5.73. The van der Waals surface area contributed by atoms with Gasteiger partial charge in [0.2, 0.25) is 0 Å². The summed E-state index contributed by atoms with van der Waals surface area (Å²) >= 11 is 6.67. The molecule has 0 aromatic rings. The Labute approximate surface area is 89.1 Å². The molecule has 2 unspecified atom stereocenters. The van der Waals surface area contributed by atoms with Gasteiger partial charge < -0.3 is 0 Å². The fourth-order valence-corrected chi connectivity index (χ4v) is 1.97. The summed E-state index contributed by atoms with van der Waals surface area (Å²) in [5.41, 5.74) is 0.207. The largest absolute Gasteiger partial charge is 0.119 e. The van der Waals surface area contributed by atoms with E-state index in [4.69, 9.17) is 11.6 Å². The molecule has 0 aliphatic rings. The molecule has 13 heavy (non-hydrogen) atoms. The second kappa shape index (κ2) is 4.21. The summed E-state index contributed by atoms with van der Waals surface area (Å²) in [6, 6.07) is 0. The van der Waals surface area contributed by atoms with Crippen molar-refractivity contribution in [2.45, 2.75) is 59.8 Å². The van der Waals surface area contributed by atoms with E-state index in [1.807, 2.05) is 0 Å². The first-order chi connectivity index (χ1) is 5.66. The Balaban J connectivity index is 4.74. The lowest BCUT2D eigenvalue weighted by Crippen LogP contribution is -2.43. The van der Waals surface area contributed by atoms with E-state index in [9.17, 15) is 0 Å². The van der Waals surface area contributed by atoms with E-state index in [0.29, 0.717) is 11.8 Å². The molecular weight excluding hydrogens is 180 g/mol. The predicted octanol–water partition coefficient (Wildman–Crippen LogP) is 4.71. The first kappa shape index (κ1) is 13.3. The average Bonchev–Trinajstić information content (AvgIpc) is 2.02. The van der Waals surface area contributed by atoms with Crippen LogP contribution in [0.1, 0.15) is 54.9 Å². The van der Waals surface area contributed by atoms with Gasteiger partial charge in [-0.05, 0) is 30.6 Å². The average molecular weight is 205 g/mol. The number of hydrogen-bond donors (Lipinski definition) is 0. The lowest BCUT2D eigenvalue weighted by atomic mass is 9.68. The Bertz CT molecular complexity index is 157. The molecule has 0 nitrogen and oxygen atoms in total. The molecule has 0 amide bonds. The lowest BCUT2D eigenvalue weighted by molar-refractivity contribution is 0.157. The van der Waals surface area contributed by atoms with Gasteiger partial charge in [-0.25, -0.2) is 0 Å². The van der Waals surface area contributed by atoms with Crippen LogP contribution in [0.15, 0.2) is 0 Å². The predicted molar refractivity (Wildman–Crippen MR) is 62.3 cm³/mol. The molecule has 0 rings (SSSR count). The minimum atomic E-state index is -0.101. The van der Waals surface area contributed by atoms with E-state index in [1.54, 1.807) is 0 Å².